The summed E-state index contributed by atoms with van der Waals surface area (Å²) in [6.07, 6.45) is 1.11. The van der Waals surface area contributed by atoms with Crippen molar-refractivity contribution in [3.05, 3.63) is 21.9 Å². The highest BCUT2D eigenvalue weighted by Crippen LogP contribution is 2.16. The van der Waals surface area contributed by atoms with Gasteiger partial charge in [0.2, 0.25) is 0 Å². The number of rotatable bonds is 12. The molecule has 0 radical (unpaired) electrons. The van der Waals surface area contributed by atoms with E-state index in [1.807, 2.05) is 11.3 Å². The van der Waals surface area contributed by atoms with Crippen LogP contribution in [0.25, 0.3) is 0 Å². The summed E-state index contributed by atoms with van der Waals surface area (Å²) in [6, 6.07) is 2.20. The predicted octanol–water partition coefficient (Wildman–Crippen LogP) is 2.08. The Morgan fingerprint density at radius 3 is 2.58 bits per heavy atom. The van der Waals surface area contributed by atoms with E-state index in [1.54, 1.807) is 7.11 Å². The van der Waals surface area contributed by atoms with Crippen LogP contribution in [0, 0.1) is 0 Å². The molecule has 1 N–H and O–H groups in total. The van der Waals surface area contributed by atoms with Crippen molar-refractivity contribution in [2.24, 2.45) is 0 Å². The van der Waals surface area contributed by atoms with E-state index in [9.17, 15) is 0 Å². The van der Waals surface area contributed by atoms with Gasteiger partial charge in [-0.1, -0.05) is 6.92 Å². The van der Waals surface area contributed by atoms with Crippen LogP contribution < -0.4 is 5.32 Å². The van der Waals surface area contributed by atoms with Gasteiger partial charge in [0.25, 0.3) is 0 Å². The van der Waals surface area contributed by atoms with Crippen LogP contribution in [0.15, 0.2) is 11.4 Å². The highest BCUT2D eigenvalue weighted by atomic mass is 32.1. The van der Waals surface area contributed by atoms with Gasteiger partial charge in [0.05, 0.1) is 33.0 Å². The molecular formula is C14H25NO3S. The maximum Gasteiger partial charge on any atom is 0.0701 e. The monoisotopic (exact) mass is 287 g/mol. The summed E-state index contributed by atoms with van der Waals surface area (Å²) < 4.78 is 15.6. The number of aryl methyl sites for hydroxylation is 1. The van der Waals surface area contributed by atoms with Crippen molar-refractivity contribution in [3.63, 3.8) is 0 Å². The molecule has 1 rings (SSSR count). The van der Waals surface area contributed by atoms with E-state index in [1.165, 1.54) is 10.4 Å². The second-order valence-corrected chi connectivity index (χ2v) is 5.12. The van der Waals surface area contributed by atoms with Crippen LogP contribution in [-0.4, -0.2) is 46.7 Å². The molecule has 1 heterocycles. The molecule has 110 valence electrons. The summed E-state index contributed by atoms with van der Waals surface area (Å²) in [5, 5.41) is 5.55. The van der Waals surface area contributed by atoms with E-state index in [2.05, 4.69) is 23.7 Å². The summed E-state index contributed by atoms with van der Waals surface area (Å²) in [4.78, 5) is 1.44. The Bertz CT molecular complexity index is 317. The quantitative estimate of drug-likeness (QED) is 0.598. The molecule has 1 aromatic rings. The number of nitrogens with one attached hydrogen (secondary N) is 1. The van der Waals surface area contributed by atoms with Crippen molar-refractivity contribution in [1.82, 2.24) is 5.32 Å². The fourth-order valence-corrected chi connectivity index (χ4v) is 2.59. The van der Waals surface area contributed by atoms with E-state index in [0.29, 0.717) is 26.4 Å². The second kappa shape index (κ2) is 11.4. The van der Waals surface area contributed by atoms with Crippen molar-refractivity contribution in [2.75, 3.05) is 46.7 Å². The Kier molecular flexibility index (Phi) is 9.93. The highest BCUT2D eigenvalue weighted by molar-refractivity contribution is 7.10. The molecule has 0 aliphatic rings. The number of thiophene rings is 1. The Morgan fingerprint density at radius 1 is 1.11 bits per heavy atom. The van der Waals surface area contributed by atoms with Crippen LogP contribution in [0.1, 0.15) is 17.4 Å². The number of hydrogen-bond acceptors (Lipinski definition) is 5. The number of hydrogen-bond donors (Lipinski definition) is 1. The van der Waals surface area contributed by atoms with Gasteiger partial charge in [0, 0.05) is 25.1 Å². The van der Waals surface area contributed by atoms with E-state index < -0.39 is 0 Å². The molecule has 0 spiro atoms. The van der Waals surface area contributed by atoms with Crippen LogP contribution in [0.4, 0.5) is 0 Å². The normalized spacial score (nSPS) is 11.1. The average Bonchev–Trinajstić information content (AvgIpc) is 2.88. The van der Waals surface area contributed by atoms with Gasteiger partial charge in [-0.3, -0.25) is 0 Å². The van der Waals surface area contributed by atoms with Gasteiger partial charge in [0.15, 0.2) is 0 Å². The first-order valence-electron chi connectivity index (χ1n) is 6.78. The van der Waals surface area contributed by atoms with E-state index in [-0.39, 0.29) is 0 Å². The Hall–Kier alpha value is -0.460. The fourth-order valence-electron chi connectivity index (χ4n) is 1.65. The number of ether oxygens (including phenoxy) is 3. The van der Waals surface area contributed by atoms with Gasteiger partial charge >= 0.3 is 0 Å². The van der Waals surface area contributed by atoms with Crippen LogP contribution in [0.2, 0.25) is 0 Å². The van der Waals surface area contributed by atoms with E-state index >= 15 is 0 Å². The Labute approximate surface area is 120 Å². The lowest BCUT2D eigenvalue weighted by Crippen LogP contribution is -2.20. The third kappa shape index (κ3) is 7.64. The van der Waals surface area contributed by atoms with Crippen molar-refractivity contribution < 1.29 is 14.2 Å². The van der Waals surface area contributed by atoms with Crippen molar-refractivity contribution in [1.29, 1.82) is 0 Å². The lowest BCUT2D eigenvalue weighted by molar-refractivity contribution is 0.0255. The molecule has 4 nitrogen and oxygen atoms in total. The average molecular weight is 287 g/mol. The van der Waals surface area contributed by atoms with Gasteiger partial charge in [0.1, 0.15) is 0 Å². The molecule has 5 heteroatoms. The summed E-state index contributed by atoms with van der Waals surface area (Å²) in [5.74, 6) is 0. The summed E-state index contributed by atoms with van der Waals surface area (Å²) >= 11 is 1.82. The number of methoxy groups -OCH3 is 1. The van der Waals surface area contributed by atoms with Gasteiger partial charge < -0.3 is 19.5 Å². The molecule has 0 amide bonds. The molecule has 0 fully saturated rings. The summed E-state index contributed by atoms with van der Waals surface area (Å²) in [7, 11) is 1.67. The predicted molar refractivity (Wildman–Crippen MR) is 78.9 cm³/mol. The smallest absolute Gasteiger partial charge is 0.0701 e. The van der Waals surface area contributed by atoms with Gasteiger partial charge in [-0.05, 0) is 23.4 Å². The van der Waals surface area contributed by atoms with Crippen LogP contribution in [-0.2, 0) is 27.2 Å². The minimum Gasteiger partial charge on any atom is -0.382 e. The van der Waals surface area contributed by atoms with Crippen LogP contribution in [0.5, 0.6) is 0 Å². The van der Waals surface area contributed by atoms with Gasteiger partial charge in [-0.15, -0.1) is 11.3 Å². The molecular weight excluding hydrogens is 262 g/mol. The van der Waals surface area contributed by atoms with Crippen molar-refractivity contribution >= 4 is 11.3 Å². The van der Waals surface area contributed by atoms with Crippen molar-refractivity contribution in [3.8, 4) is 0 Å². The minimum atomic E-state index is 0.633. The van der Waals surface area contributed by atoms with Crippen molar-refractivity contribution in [2.45, 2.75) is 19.9 Å². The zero-order chi connectivity index (χ0) is 13.8. The zero-order valence-corrected chi connectivity index (χ0v) is 12.8. The minimum absolute atomic E-state index is 0.633. The van der Waals surface area contributed by atoms with Gasteiger partial charge in [-0.25, -0.2) is 0 Å². The molecule has 0 aliphatic carbocycles. The van der Waals surface area contributed by atoms with Crippen LogP contribution in [0.3, 0.4) is 0 Å². The van der Waals surface area contributed by atoms with E-state index in [4.69, 9.17) is 14.2 Å². The molecule has 0 bridgehead atoms. The highest BCUT2D eigenvalue weighted by Gasteiger charge is 2.01. The maximum absolute atomic E-state index is 5.46. The lowest BCUT2D eigenvalue weighted by Gasteiger charge is -2.07. The third-order valence-electron chi connectivity index (χ3n) is 2.73. The summed E-state index contributed by atoms with van der Waals surface area (Å²) in [5.41, 5.74) is 1.45. The Morgan fingerprint density at radius 2 is 1.84 bits per heavy atom. The van der Waals surface area contributed by atoms with Gasteiger partial charge in [-0.2, -0.15) is 0 Å². The SMILES string of the molecule is CCc1ccsc1CNCCOCCOCCOC. The molecule has 0 aliphatic heterocycles. The zero-order valence-electron chi connectivity index (χ0n) is 11.9. The largest absolute Gasteiger partial charge is 0.382 e. The third-order valence-corrected chi connectivity index (χ3v) is 3.69. The second-order valence-electron chi connectivity index (χ2n) is 4.12. The molecule has 0 aromatic carbocycles. The molecule has 0 unspecified atom stereocenters. The first-order chi connectivity index (χ1) is 9.38. The maximum atomic E-state index is 5.46. The lowest BCUT2D eigenvalue weighted by atomic mass is 10.2. The molecule has 0 saturated heterocycles. The molecule has 0 saturated carbocycles. The molecule has 19 heavy (non-hydrogen) atoms. The first-order valence-corrected chi connectivity index (χ1v) is 7.66. The topological polar surface area (TPSA) is 39.7 Å². The fraction of sp³-hybridized carbons (Fsp3) is 0.714. The van der Waals surface area contributed by atoms with E-state index in [0.717, 1.165) is 26.1 Å². The first kappa shape index (κ1) is 16.6. The Balaban J connectivity index is 1.89. The van der Waals surface area contributed by atoms with Crippen LogP contribution >= 0.6 is 11.3 Å². The molecule has 0 atom stereocenters. The standard InChI is InChI=1S/C14H25NO3S/c1-3-13-4-11-19-14(13)12-15-5-6-17-9-10-18-8-7-16-2/h4,11,15H,3,5-10,12H2,1-2H3. The summed E-state index contributed by atoms with van der Waals surface area (Å²) in [6.45, 7) is 7.28. The molecule has 1 aromatic heterocycles.